The lowest BCUT2D eigenvalue weighted by atomic mass is 9.85. The van der Waals surface area contributed by atoms with E-state index in [0.29, 0.717) is 12.1 Å². The monoisotopic (exact) mass is 261 g/mol. The van der Waals surface area contributed by atoms with Crippen LogP contribution in [0.5, 0.6) is 0 Å². The fraction of sp³-hybridized carbons (Fsp3) is 0.647. The third kappa shape index (κ3) is 3.17. The first-order valence-corrected chi connectivity index (χ1v) is 7.75. The quantitative estimate of drug-likeness (QED) is 0.844. The molecule has 1 aromatic rings. The maximum atomic E-state index is 13.1. The van der Waals surface area contributed by atoms with E-state index in [2.05, 4.69) is 12.2 Å². The molecule has 2 aliphatic carbocycles. The zero-order valence-electron chi connectivity index (χ0n) is 11.7. The van der Waals surface area contributed by atoms with Crippen LogP contribution in [0.4, 0.5) is 4.39 Å². The molecule has 0 saturated heterocycles. The van der Waals surface area contributed by atoms with Gasteiger partial charge in [0.15, 0.2) is 0 Å². The standard InChI is InChI=1S/C17H24FN/c1-12-4-2-3-5-16(12)19-17(13-6-7-13)14-8-10-15(18)11-9-14/h8-13,16-17,19H,2-7H2,1H3. The van der Waals surface area contributed by atoms with Gasteiger partial charge in [-0.05, 0) is 55.2 Å². The van der Waals surface area contributed by atoms with Crippen molar-refractivity contribution in [3.8, 4) is 0 Å². The minimum Gasteiger partial charge on any atom is -0.307 e. The lowest BCUT2D eigenvalue weighted by molar-refractivity contribution is 0.250. The topological polar surface area (TPSA) is 12.0 Å². The summed E-state index contributed by atoms with van der Waals surface area (Å²) in [6.45, 7) is 2.37. The average molecular weight is 261 g/mol. The number of benzene rings is 1. The summed E-state index contributed by atoms with van der Waals surface area (Å²) < 4.78 is 13.1. The molecule has 0 amide bonds. The Balaban J connectivity index is 1.72. The van der Waals surface area contributed by atoms with Gasteiger partial charge < -0.3 is 5.32 Å². The van der Waals surface area contributed by atoms with Crippen molar-refractivity contribution in [2.24, 2.45) is 11.8 Å². The lowest BCUT2D eigenvalue weighted by Gasteiger charge is -2.33. The van der Waals surface area contributed by atoms with Gasteiger partial charge in [0, 0.05) is 12.1 Å². The van der Waals surface area contributed by atoms with Crippen LogP contribution in [0.2, 0.25) is 0 Å². The molecule has 1 nitrogen and oxygen atoms in total. The first-order valence-electron chi connectivity index (χ1n) is 7.75. The largest absolute Gasteiger partial charge is 0.307 e. The molecule has 0 aliphatic heterocycles. The second kappa shape index (κ2) is 5.62. The van der Waals surface area contributed by atoms with Crippen LogP contribution < -0.4 is 5.32 Å². The van der Waals surface area contributed by atoms with Crippen LogP contribution in [-0.4, -0.2) is 6.04 Å². The number of hydrogen-bond acceptors (Lipinski definition) is 1. The van der Waals surface area contributed by atoms with Gasteiger partial charge in [-0.3, -0.25) is 0 Å². The molecule has 3 rings (SSSR count). The van der Waals surface area contributed by atoms with E-state index < -0.39 is 0 Å². The highest BCUT2D eigenvalue weighted by Crippen LogP contribution is 2.42. The van der Waals surface area contributed by atoms with Crippen LogP contribution in [0.1, 0.15) is 57.1 Å². The van der Waals surface area contributed by atoms with Gasteiger partial charge in [-0.1, -0.05) is 31.9 Å². The second-order valence-corrected chi connectivity index (χ2v) is 6.40. The van der Waals surface area contributed by atoms with Crippen LogP contribution >= 0.6 is 0 Å². The minimum atomic E-state index is -0.135. The van der Waals surface area contributed by atoms with Crippen molar-refractivity contribution in [2.45, 2.75) is 57.5 Å². The van der Waals surface area contributed by atoms with E-state index >= 15 is 0 Å². The van der Waals surface area contributed by atoms with Gasteiger partial charge in [0.1, 0.15) is 5.82 Å². The normalized spacial score (nSPS) is 29.2. The molecule has 104 valence electrons. The number of hydrogen-bond donors (Lipinski definition) is 1. The molecule has 2 fully saturated rings. The first kappa shape index (κ1) is 13.1. The number of halogens is 1. The molecule has 3 unspecified atom stereocenters. The Morgan fingerprint density at radius 1 is 1.05 bits per heavy atom. The van der Waals surface area contributed by atoms with Crippen molar-refractivity contribution in [2.75, 3.05) is 0 Å². The predicted molar refractivity (Wildman–Crippen MR) is 76.4 cm³/mol. The van der Waals surface area contributed by atoms with Crippen LogP contribution in [0.3, 0.4) is 0 Å². The highest BCUT2D eigenvalue weighted by atomic mass is 19.1. The Labute approximate surface area is 115 Å². The van der Waals surface area contributed by atoms with E-state index in [1.807, 2.05) is 12.1 Å². The Morgan fingerprint density at radius 3 is 2.37 bits per heavy atom. The molecular formula is C17H24FN. The van der Waals surface area contributed by atoms with E-state index in [1.54, 1.807) is 12.1 Å². The van der Waals surface area contributed by atoms with Crippen LogP contribution in [0, 0.1) is 17.7 Å². The molecular weight excluding hydrogens is 237 g/mol. The highest BCUT2D eigenvalue weighted by molar-refractivity contribution is 5.22. The summed E-state index contributed by atoms with van der Waals surface area (Å²) >= 11 is 0. The average Bonchev–Trinajstić information content (AvgIpc) is 3.24. The summed E-state index contributed by atoms with van der Waals surface area (Å²) in [6.07, 6.45) is 8.00. The molecule has 3 atom stereocenters. The summed E-state index contributed by atoms with van der Waals surface area (Å²) in [5.41, 5.74) is 1.27. The zero-order chi connectivity index (χ0) is 13.2. The van der Waals surface area contributed by atoms with Crippen molar-refractivity contribution in [3.05, 3.63) is 35.6 Å². The maximum Gasteiger partial charge on any atom is 0.123 e. The van der Waals surface area contributed by atoms with Crippen LogP contribution in [0.25, 0.3) is 0 Å². The fourth-order valence-corrected chi connectivity index (χ4v) is 3.40. The Bertz CT molecular complexity index is 410. The van der Waals surface area contributed by atoms with E-state index in [0.717, 1.165) is 11.8 Å². The van der Waals surface area contributed by atoms with Gasteiger partial charge in [0.2, 0.25) is 0 Å². The Morgan fingerprint density at radius 2 is 1.74 bits per heavy atom. The van der Waals surface area contributed by atoms with Crippen LogP contribution in [0.15, 0.2) is 24.3 Å². The summed E-state index contributed by atoms with van der Waals surface area (Å²) in [5.74, 6) is 1.40. The molecule has 0 radical (unpaired) electrons. The van der Waals surface area contributed by atoms with Crippen molar-refractivity contribution in [1.29, 1.82) is 0 Å². The molecule has 2 aliphatic rings. The molecule has 0 spiro atoms. The highest BCUT2D eigenvalue weighted by Gasteiger charge is 2.35. The molecule has 2 saturated carbocycles. The van der Waals surface area contributed by atoms with Crippen molar-refractivity contribution < 1.29 is 4.39 Å². The minimum absolute atomic E-state index is 0.135. The smallest absolute Gasteiger partial charge is 0.123 e. The Kier molecular flexibility index (Phi) is 3.88. The fourth-order valence-electron chi connectivity index (χ4n) is 3.40. The number of nitrogens with one attached hydrogen (secondary N) is 1. The zero-order valence-corrected chi connectivity index (χ0v) is 11.7. The molecule has 19 heavy (non-hydrogen) atoms. The summed E-state index contributed by atoms with van der Waals surface area (Å²) in [5, 5.41) is 3.88. The van der Waals surface area contributed by atoms with E-state index in [1.165, 1.54) is 44.1 Å². The predicted octanol–water partition coefficient (Wildman–Crippen LogP) is 4.45. The van der Waals surface area contributed by atoms with Gasteiger partial charge in [0.05, 0.1) is 0 Å². The third-order valence-corrected chi connectivity index (χ3v) is 4.83. The Hall–Kier alpha value is -0.890. The van der Waals surface area contributed by atoms with Gasteiger partial charge in [0.25, 0.3) is 0 Å². The second-order valence-electron chi connectivity index (χ2n) is 6.40. The number of rotatable bonds is 4. The first-order chi connectivity index (χ1) is 9.24. The van der Waals surface area contributed by atoms with E-state index in [4.69, 9.17) is 0 Å². The van der Waals surface area contributed by atoms with Crippen LogP contribution in [-0.2, 0) is 0 Å². The molecule has 0 heterocycles. The van der Waals surface area contributed by atoms with Crippen molar-refractivity contribution in [1.82, 2.24) is 5.32 Å². The van der Waals surface area contributed by atoms with Crippen molar-refractivity contribution >= 4 is 0 Å². The molecule has 1 N–H and O–H groups in total. The van der Waals surface area contributed by atoms with Gasteiger partial charge in [-0.2, -0.15) is 0 Å². The van der Waals surface area contributed by atoms with E-state index in [-0.39, 0.29) is 5.82 Å². The molecule has 0 bridgehead atoms. The summed E-state index contributed by atoms with van der Waals surface area (Å²) in [4.78, 5) is 0. The lowest BCUT2D eigenvalue weighted by Crippen LogP contribution is -2.40. The maximum absolute atomic E-state index is 13.1. The molecule has 0 aromatic heterocycles. The van der Waals surface area contributed by atoms with Crippen molar-refractivity contribution in [3.63, 3.8) is 0 Å². The van der Waals surface area contributed by atoms with E-state index in [9.17, 15) is 4.39 Å². The van der Waals surface area contributed by atoms with Gasteiger partial charge >= 0.3 is 0 Å². The van der Waals surface area contributed by atoms with Gasteiger partial charge in [-0.15, -0.1) is 0 Å². The summed E-state index contributed by atoms with van der Waals surface area (Å²) in [7, 11) is 0. The third-order valence-electron chi connectivity index (χ3n) is 4.83. The molecule has 2 heteroatoms. The molecule has 1 aromatic carbocycles. The SMILES string of the molecule is CC1CCCCC1NC(c1ccc(F)cc1)C1CC1. The van der Waals surface area contributed by atoms with Gasteiger partial charge in [-0.25, -0.2) is 4.39 Å². The summed E-state index contributed by atoms with van der Waals surface area (Å²) in [6, 6.07) is 8.18.